The molecule has 3 heteroatoms. The number of nitrogens with zero attached hydrogens (tertiary/aromatic N) is 1. The first-order chi connectivity index (χ1) is 7.20. The molecule has 0 bridgehead atoms. The molecule has 1 unspecified atom stereocenters. The predicted octanol–water partition coefficient (Wildman–Crippen LogP) is 2.22. The van der Waals surface area contributed by atoms with E-state index < -0.39 is 0 Å². The number of nitrogens with one attached hydrogen (secondary N) is 1. The van der Waals surface area contributed by atoms with Crippen molar-refractivity contribution < 1.29 is 0 Å². The van der Waals surface area contributed by atoms with Crippen LogP contribution in [0.1, 0.15) is 17.2 Å². The van der Waals surface area contributed by atoms with Crippen molar-refractivity contribution in [3.63, 3.8) is 0 Å². The van der Waals surface area contributed by atoms with E-state index in [1.807, 2.05) is 12.1 Å². The van der Waals surface area contributed by atoms with Crippen LogP contribution in [-0.2, 0) is 0 Å². The van der Waals surface area contributed by atoms with Gasteiger partial charge >= 0.3 is 0 Å². The Labute approximate surface area is 96.2 Å². The number of likely N-dealkylation sites (N-methyl/N-ethyl adjacent to an activating group) is 1. The van der Waals surface area contributed by atoms with Gasteiger partial charge in [0.25, 0.3) is 0 Å². The zero-order valence-electron chi connectivity index (χ0n) is 9.26. The minimum atomic E-state index is 0.410. The predicted molar refractivity (Wildman–Crippen MR) is 64.4 cm³/mol. The number of rotatable bonds is 1. The zero-order valence-corrected chi connectivity index (χ0v) is 10.0. The summed E-state index contributed by atoms with van der Waals surface area (Å²) in [5.41, 5.74) is 2.55. The molecule has 2 rings (SSSR count). The Morgan fingerprint density at radius 1 is 1.47 bits per heavy atom. The highest BCUT2D eigenvalue weighted by atomic mass is 35.5. The molecule has 1 aromatic carbocycles. The largest absolute Gasteiger partial charge is 0.314 e. The van der Waals surface area contributed by atoms with Gasteiger partial charge in [-0.15, -0.1) is 0 Å². The van der Waals surface area contributed by atoms with E-state index in [4.69, 9.17) is 11.6 Å². The number of benzene rings is 1. The summed E-state index contributed by atoms with van der Waals surface area (Å²) in [5.74, 6) is 0. The van der Waals surface area contributed by atoms with Crippen LogP contribution in [0.3, 0.4) is 0 Å². The Bertz CT molecular complexity index is 331. The molecular formula is C12H17ClN2. The average molecular weight is 225 g/mol. The van der Waals surface area contributed by atoms with Crippen LogP contribution in [0.15, 0.2) is 18.2 Å². The maximum atomic E-state index is 6.27. The molecule has 0 spiro atoms. The molecule has 1 aromatic rings. The lowest BCUT2D eigenvalue weighted by Crippen LogP contribution is -2.44. The highest BCUT2D eigenvalue weighted by molar-refractivity contribution is 6.31. The van der Waals surface area contributed by atoms with Gasteiger partial charge in [0.05, 0.1) is 0 Å². The number of hydrogen-bond acceptors (Lipinski definition) is 2. The van der Waals surface area contributed by atoms with E-state index >= 15 is 0 Å². The van der Waals surface area contributed by atoms with E-state index in [0.29, 0.717) is 6.04 Å². The Morgan fingerprint density at radius 2 is 2.27 bits per heavy atom. The Balaban J connectivity index is 2.35. The number of halogens is 1. The average Bonchev–Trinajstić information content (AvgIpc) is 2.20. The van der Waals surface area contributed by atoms with Crippen LogP contribution >= 0.6 is 11.6 Å². The van der Waals surface area contributed by atoms with Crippen LogP contribution in [-0.4, -0.2) is 31.6 Å². The molecule has 15 heavy (non-hydrogen) atoms. The molecule has 0 saturated carbocycles. The maximum absolute atomic E-state index is 6.27. The van der Waals surface area contributed by atoms with Crippen LogP contribution in [0.2, 0.25) is 5.02 Å². The number of hydrogen-bond donors (Lipinski definition) is 1. The van der Waals surface area contributed by atoms with Crippen molar-refractivity contribution in [3.8, 4) is 0 Å². The molecule has 0 radical (unpaired) electrons. The Morgan fingerprint density at radius 3 is 2.93 bits per heavy atom. The van der Waals surface area contributed by atoms with Crippen molar-refractivity contribution in [2.75, 3.05) is 26.7 Å². The topological polar surface area (TPSA) is 15.3 Å². The molecule has 1 N–H and O–H groups in total. The summed E-state index contributed by atoms with van der Waals surface area (Å²) in [6, 6.07) is 6.53. The van der Waals surface area contributed by atoms with E-state index in [2.05, 4.69) is 30.3 Å². The second kappa shape index (κ2) is 4.52. The van der Waals surface area contributed by atoms with Gasteiger partial charge in [0.15, 0.2) is 0 Å². The second-order valence-electron chi connectivity index (χ2n) is 4.17. The number of aryl methyl sites for hydroxylation is 1. The van der Waals surface area contributed by atoms with Gasteiger partial charge in [-0.3, -0.25) is 4.90 Å². The third kappa shape index (κ3) is 2.17. The lowest BCUT2D eigenvalue weighted by atomic mass is 9.99. The van der Waals surface area contributed by atoms with E-state index in [1.165, 1.54) is 11.1 Å². The molecular weight excluding hydrogens is 208 g/mol. The third-order valence-corrected chi connectivity index (χ3v) is 3.44. The first-order valence-electron chi connectivity index (χ1n) is 5.36. The summed E-state index contributed by atoms with van der Waals surface area (Å²) in [5, 5.41) is 4.30. The first-order valence-corrected chi connectivity index (χ1v) is 5.74. The first kappa shape index (κ1) is 10.9. The Kier molecular flexibility index (Phi) is 3.29. The summed E-state index contributed by atoms with van der Waals surface area (Å²) in [7, 11) is 2.16. The molecule has 1 heterocycles. The second-order valence-corrected chi connectivity index (χ2v) is 4.58. The molecule has 1 atom stereocenters. The van der Waals surface area contributed by atoms with Gasteiger partial charge in [0.2, 0.25) is 0 Å². The lowest BCUT2D eigenvalue weighted by Gasteiger charge is -2.34. The van der Waals surface area contributed by atoms with E-state index in [9.17, 15) is 0 Å². The molecule has 1 saturated heterocycles. The third-order valence-electron chi connectivity index (χ3n) is 3.12. The smallest absolute Gasteiger partial charge is 0.0487 e. The minimum absolute atomic E-state index is 0.410. The van der Waals surface area contributed by atoms with E-state index in [-0.39, 0.29) is 0 Å². The fraction of sp³-hybridized carbons (Fsp3) is 0.500. The molecule has 1 aliphatic heterocycles. The Hall–Kier alpha value is -0.570. The molecule has 82 valence electrons. The number of piperazine rings is 1. The van der Waals surface area contributed by atoms with Crippen molar-refractivity contribution >= 4 is 11.6 Å². The van der Waals surface area contributed by atoms with Crippen molar-refractivity contribution in [3.05, 3.63) is 34.3 Å². The van der Waals surface area contributed by atoms with Gasteiger partial charge in [0.1, 0.15) is 0 Å². The van der Waals surface area contributed by atoms with Gasteiger partial charge < -0.3 is 5.32 Å². The van der Waals surface area contributed by atoms with Gasteiger partial charge in [-0.05, 0) is 31.2 Å². The SMILES string of the molecule is Cc1cccc(Cl)c1C1CNCCN1C. The molecule has 0 aliphatic carbocycles. The van der Waals surface area contributed by atoms with Crippen LogP contribution in [0, 0.1) is 6.92 Å². The monoisotopic (exact) mass is 224 g/mol. The van der Waals surface area contributed by atoms with Gasteiger partial charge in [0, 0.05) is 30.7 Å². The summed E-state index contributed by atoms with van der Waals surface area (Å²) in [6.07, 6.45) is 0. The summed E-state index contributed by atoms with van der Waals surface area (Å²) in [4.78, 5) is 2.37. The zero-order chi connectivity index (χ0) is 10.8. The maximum Gasteiger partial charge on any atom is 0.0487 e. The van der Waals surface area contributed by atoms with Crippen molar-refractivity contribution in [1.29, 1.82) is 0 Å². The highest BCUT2D eigenvalue weighted by Gasteiger charge is 2.23. The van der Waals surface area contributed by atoms with Crippen molar-refractivity contribution in [2.45, 2.75) is 13.0 Å². The molecule has 1 fully saturated rings. The van der Waals surface area contributed by atoms with Gasteiger partial charge in [-0.2, -0.15) is 0 Å². The van der Waals surface area contributed by atoms with Crippen LogP contribution in [0.4, 0.5) is 0 Å². The summed E-state index contributed by atoms with van der Waals surface area (Å²) in [6.45, 7) is 5.26. The summed E-state index contributed by atoms with van der Waals surface area (Å²) >= 11 is 6.27. The standard InChI is InChI=1S/C12H17ClN2/c1-9-4-3-5-10(13)12(9)11-8-14-6-7-15(11)2/h3-5,11,14H,6-8H2,1-2H3. The lowest BCUT2D eigenvalue weighted by molar-refractivity contribution is 0.202. The van der Waals surface area contributed by atoms with Crippen molar-refractivity contribution in [2.24, 2.45) is 0 Å². The normalized spacial score (nSPS) is 23.0. The van der Waals surface area contributed by atoms with Crippen LogP contribution in [0.5, 0.6) is 0 Å². The van der Waals surface area contributed by atoms with Crippen LogP contribution < -0.4 is 5.32 Å². The fourth-order valence-electron chi connectivity index (χ4n) is 2.20. The highest BCUT2D eigenvalue weighted by Crippen LogP contribution is 2.30. The van der Waals surface area contributed by atoms with E-state index in [0.717, 1.165) is 24.7 Å². The summed E-state index contributed by atoms with van der Waals surface area (Å²) < 4.78 is 0. The quantitative estimate of drug-likeness (QED) is 0.787. The minimum Gasteiger partial charge on any atom is -0.314 e. The fourth-order valence-corrected chi connectivity index (χ4v) is 2.54. The van der Waals surface area contributed by atoms with Crippen LogP contribution in [0.25, 0.3) is 0 Å². The molecule has 1 aliphatic rings. The molecule has 0 aromatic heterocycles. The van der Waals surface area contributed by atoms with Gasteiger partial charge in [-0.25, -0.2) is 0 Å². The van der Waals surface area contributed by atoms with E-state index in [1.54, 1.807) is 0 Å². The van der Waals surface area contributed by atoms with Gasteiger partial charge in [-0.1, -0.05) is 23.7 Å². The van der Waals surface area contributed by atoms with Crippen molar-refractivity contribution in [1.82, 2.24) is 10.2 Å². The molecule has 0 amide bonds. The molecule has 2 nitrogen and oxygen atoms in total.